The van der Waals surface area contributed by atoms with Crippen molar-refractivity contribution in [2.24, 2.45) is 5.92 Å². The van der Waals surface area contributed by atoms with Crippen molar-refractivity contribution in [2.75, 3.05) is 19.6 Å². The maximum atomic E-state index is 13.0. The Morgan fingerprint density at radius 2 is 1.65 bits per heavy atom. The summed E-state index contributed by atoms with van der Waals surface area (Å²) in [4.78, 5) is 33.8. The second kappa shape index (κ2) is 14.9. The van der Waals surface area contributed by atoms with Gasteiger partial charge in [-0.2, -0.15) is 5.26 Å². The number of piperidine rings is 1. The predicted octanol–water partition coefficient (Wildman–Crippen LogP) is 3.49. The summed E-state index contributed by atoms with van der Waals surface area (Å²) in [6.07, 6.45) is 4.15. The molecule has 1 aliphatic rings. The molecule has 4 rings (SSSR count). The average molecular weight is 550 g/mol. The summed E-state index contributed by atoms with van der Waals surface area (Å²) in [6, 6.07) is 15.4. The van der Waals surface area contributed by atoms with Gasteiger partial charge in [0.2, 0.25) is 5.89 Å². The lowest BCUT2D eigenvalue weighted by molar-refractivity contribution is -0.134. The van der Waals surface area contributed by atoms with Crippen LogP contribution >= 0.6 is 0 Å². The summed E-state index contributed by atoms with van der Waals surface area (Å²) in [5, 5.41) is 35.1. The van der Waals surface area contributed by atoms with Crippen LogP contribution in [0.1, 0.15) is 41.1 Å². The highest BCUT2D eigenvalue weighted by atomic mass is 19.1. The number of aromatic nitrogens is 2. The monoisotopic (exact) mass is 549 g/mol. The summed E-state index contributed by atoms with van der Waals surface area (Å²) in [6.45, 7) is 3.37. The molecule has 40 heavy (non-hydrogen) atoms. The molecule has 0 bridgehead atoms. The molecular formula is C28H28FN5O6. The number of amides is 1. The van der Waals surface area contributed by atoms with Gasteiger partial charge in [0.15, 0.2) is 0 Å². The van der Waals surface area contributed by atoms with E-state index >= 15 is 0 Å². The van der Waals surface area contributed by atoms with E-state index < -0.39 is 11.9 Å². The highest BCUT2D eigenvalue weighted by molar-refractivity contribution is 5.90. The van der Waals surface area contributed by atoms with Crippen molar-refractivity contribution in [1.29, 1.82) is 5.26 Å². The maximum Gasteiger partial charge on any atom is 0.328 e. The lowest BCUT2D eigenvalue weighted by Gasteiger charge is -2.32. The number of nitriles is 1. The number of nitrogens with zero attached hydrogens (tertiary/aromatic N) is 4. The summed E-state index contributed by atoms with van der Waals surface area (Å²) >= 11 is 0. The molecule has 0 aliphatic carbocycles. The van der Waals surface area contributed by atoms with Crippen molar-refractivity contribution in [1.82, 2.24) is 20.4 Å². The molecule has 1 saturated heterocycles. The highest BCUT2D eigenvalue weighted by Crippen LogP contribution is 2.22. The van der Waals surface area contributed by atoms with Crippen molar-refractivity contribution in [2.45, 2.75) is 25.8 Å². The third-order valence-corrected chi connectivity index (χ3v) is 6.11. The van der Waals surface area contributed by atoms with E-state index in [-0.39, 0.29) is 23.5 Å². The third-order valence-electron chi connectivity index (χ3n) is 6.11. The molecule has 11 nitrogen and oxygen atoms in total. The lowest BCUT2D eigenvalue weighted by Crippen LogP contribution is -2.35. The smallest absolute Gasteiger partial charge is 0.328 e. The number of rotatable bonds is 9. The number of carboxylic acids is 2. The number of hydrogen-bond donors (Lipinski definition) is 3. The topological polar surface area (TPSA) is 170 Å². The fourth-order valence-corrected chi connectivity index (χ4v) is 4.01. The first-order valence-corrected chi connectivity index (χ1v) is 12.5. The van der Waals surface area contributed by atoms with Crippen LogP contribution in [-0.4, -0.2) is 62.8 Å². The lowest BCUT2D eigenvalue weighted by atomic mass is 9.93. The van der Waals surface area contributed by atoms with Crippen molar-refractivity contribution in [3.05, 3.63) is 83.5 Å². The van der Waals surface area contributed by atoms with Crippen LogP contribution in [0.3, 0.4) is 0 Å². The molecule has 1 aliphatic heterocycles. The third kappa shape index (κ3) is 9.77. The molecule has 2 heterocycles. The molecule has 0 unspecified atom stereocenters. The van der Waals surface area contributed by atoms with Crippen LogP contribution in [0.2, 0.25) is 0 Å². The molecule has 0 radical (unpaired) electrons. The van der Waals surface area contributed by atoms with Crippen LogP contribution in [0.15, 0.2) is 65.1 Å². The van der Waals surface area contributed by atoms with Gasteiger partial charge in [-0.05, 0) is 80.2 Å². The van der Waals surface area contributed by atoms with E-state index in [1.807, 2.05) is 18.2 Å². The molecule has 12 heteroatoms. The van der Waals surface area contributed by atoms with Gasteiger partial charge in [0.25, 0.3) is 0 Å². The molecule has 2 aromatic carbocycles. The average Bonchev–Trinajstić information content (AvgIpc) is 3.45. The van der Waals surface area contributed by atoms with Gasteiger partial charge in [0.1, 0.15) is 5.82 Å². The van der Waals surface area contributed by atoms with Gasteiger partial charge in [0, 0.05) is 30.8 Å². The minimum Gasteiger partial charge on any atom is -0.478 e. The SMILES string of the molecule is N#Cc1ccc(-c2nnc(C(=O)NCCC3CCN(Cc4ccc(F)cc4)CC3)o2)cc1.O=C(O)/C=C/C(=O)O. The van der Waals surface area contributed by atoms with Gasteiger partial charge >= 0.3 is 23.7 Å². The molecule has 1 amide bonds. The van der Waals surface area contributed by atoms with E-state index in [0.717, 1.165) is 44.5 Å². The molecule has 0 spiro atoms. The van der Waals surface area contributed by atoms with Crippen LogP contribution in [0.4, 0.5) is 4.39 Å². The molecule has 0 atom stereocenters. The van der Waals surface area contributed by atoms with Gasteiger partial charge in [0.05, 0.1) is 11.6 Å². The molecule has 1 fully saturated rings. The summed E-state index contributed by atoms with van der Waals surface area (Å²) in [5.74, 6) is -2.38. The van der Waals surface area contributed by atoms with Crippen molar-refractivity contribution < 1.29 is 33.4 Å². The zero-order chi connectivity index (χ0) is 28.9. The Bertz CT molecular complexity index is 1340. The molecule has 3 aromatic rings. The quantitative estimate of drug-likeness (QED) is 0.336. The van der Waals surface area contributed by atoms with E-state index in [0.29, 0.717) is 35.7 Å². The standard InChI is InChI=1S/C24H24FN5O2.C4H4O4/c25-21-7-3-19(4-8-21)16-30-13-10-17(11-14-30)9-12-27-22(31)24-29-28-23(32-24)20-5-1-18(15-26)2-6-20;5-3(6)1-2-4(7)8/h1-8,17H,9-14,16H2,(H,27,31);1-2H,(H,5,6)(H,7,8)/b;2-1+. The minimum atomic E-state index is -1.26. The maximum absolute atomic E-state index is 13.0. The fourth-order valence-electron chi connectivity index (χ4n) is 4.01. The van der Waals surface area contributed by atoms with Crippen LogP contribution in [-0.2, 0) is 16.1 Å². The second-order valence-electron chi connectivity index (χ2n) is 9.00. The number of halogens is 1. The predicted molar refractivity (Wildman–Crippen MR) is 140 cm³/mol. The van der Waals surface area contributed by atoms with Crippen LogP contribution in [0.5, 0.6) is 0 Å². The minimum absolute atomic E-state index is 0.0709. The Balaban J connectivity index is 0.000000482. The van der Waals surface area contributed by atoms with E-state index in [9.17, 15) is 18.8 Å². The van der Waals surface area contributed by atoms with Crippen molar-refractivity contribution in [3.63, 3.8) is 0 Å². The number of carbonyl (C=O) groups excluding carboxylic acids is 1. The normalized spacial score (nSPS) is 13.7. The van der Waals surface area contributed by atoms with Crippen LogP contribution in [0.25, 0.3) is 11.5 Å². The van der Waals surface area contributed by atoms with Crippen molar-refractivity contribution in [3.8, 4) is 17.5 Å². The Hall–Kier alpha value is -4.89. The summed E-state index contributed by atoms with van der Waals surface area (Å²) < 4.78 is 18.5. The Labute approximate surface area is 229 Å². The van der Waals surface area contributed by atoms with Crippen LogP contribution in [0, 0.1) is 23.1 Å². The Morgan fingerprint density at radius 3 is 2.23 bits per heavy atom. The molecule has 1 aromatic heterocycles. The van der Waals surface area contributed by atoms with Gasteiger partial charge in [-0.15, -0.1) is 10.2 Å². The zero-order valence-electron chi connectivity index (χ0n) is 21.5. The fraction of sp³-hybridized carbons (Fsp3) is 0.286. The molecule has 208 valence electrons. The van der Waals surface area contributed by atoms with Crippen LogP contribution < -0.4 is 5.32 Å². The number of hydrogen-bond acceptors (Lipinski definition) is 8. The van der Waals surface area contributed by atoms with Gasteiger partial charge < -0.3 is 19.9 Å². The van der Waals surface area contributed by atoms with Gasteiger partial charge in [-0.1, -0.05) is 12.1 Å². The number of nitrogens with one attached hydrogen (secondary N) is 1. The largest absolute Gasteiger partial charge is 0.478 e. The summed E-state index contributed by atoms with van der Waals surface area (Å²) in [5.41, 5.74) is 2.31. The zero-order valence-corrected chi connectivity index (χ0v) is 21.5. The molecular weight excluding hydrogens is 521 g/mol. The first-order valence-electron chi connectivity index (χ1n) is 12.5. The Kier molecular flexibility index (Phi) is 11.0. The van der Waals surface area contributed by atoms with Crippen molar-refractivity contribution >= 4 is 17.8 Å². The number of likely N-dealkylation sites (tertiary alicyclic amines) is 1. The molecule has 0 saturated carbocycles. The Morgan fingerprint density at radius 1 is 1.02 bits per heavy atom. The van der Waals surface area contributed by atoms with E-state index in [1.54, 1.807) is 24.3 Å². The number of benzene rings is 2. The van der Waals surface area contributed by atoms with E-state index in [4.69, 9.17) is 19.9 Å². The number of carboxylic acid groups (broad SMARTS) is 2. The van der Waals surface area contributed by atoms with Gasteiger partial charge in [-0.25, -0.2) is 14.0 Å². The molecule has 3 N–H and O–H groups in total. The number of carbonyl (C=O) groups is 3. The van der Waals surface area contributed by atoms with E-state index in [2.05, 4.69) is 20.4 Å². The second-order valence-corrected chi connectivity index (χ2v) is 9.00. The first kappa shape index (κ1) is 29.7. The first-order chi connectivity index (χ1) is 19.2. The summed E-state index contributed by atoms with van der Waals surface area (Å²) in [7, 11) is 0. The number of aliphatic carboxylic acids is 2. The highest BCUT2D eigenvalue weighted by Gasteiger charge is 2.20. The van der Waals surface area contributed by atoms with Gasteiger partial charge in [-0.3, -0.25) is 9.69 Å². The van der Waals surface area contributed by atoms with E-state index in [1.165, 1.54) is 12.1 Å².